The summed E-state index contributed by atoms with van der Waals surface area (Å²) in [6.07, 6.45) is 1.70. The summed E-state index contributed by atoms with van der Waals surface area (Å²) in [6, 6.07) is 1.90. The highest BCUT2D eigenvalue weighted by molar-refractivity contribution is 5.72. The topological polar surface area (TPSA) is 50.1 Å². The van der Waals surface area contributed by atoms with Gasteiger partial charge in [0.05, 0.1) is 12.0 Å². The van der Waals surface area contributed by atoms with Crippen LogP contribution in [0.5, 0.6) is 0 Å². The van der Waals surface area contributed by atoms with E-state index in [1.807, 2.05) is 6.07 Å². The number of carbonyl (C=O) groups is 1. The van der Waals surface area contributed by atoms with Crippen molar-refractivity contribution < 1.29 is 9.53 Å². The maximum atomic E-state index is 10.9. The molecule has 1 unspecified atom stereocenters. The van der Waals surface area contributed by atoms with Gasteiger partial charge >= 0.3 is 5.97 Å². The molecule has 0 radical (unpaired) electrons. The predicted octanol–water partition coefficient (Wildman–Crippen LogP) is 1.27. The summed E-state index contributed by atoms with van der Waals surface area (Å²) >= 11 is 0. The van der Waals surface area contributed by atoms with E-state index >= 15 is 0 Å². The molecule has 0 aliphatic carbocycles. The highest BCUT2D eigenvalue weighted by Crippen LogP contribution is 2.02. The Hall–Kier alpha value is -1.30. The van der Waals surface area contributed by atoms with Crippen LogP contribution in [0, 0.1) is 17.2 Å². The molecular formula is C8H11NO2. The molecule has 0 amide bonds. The van der Waals surface area contributed by atoms with Crippen LogP contribution < -0.4 is 0 Å². The zero-order chi connectivity index (χ0) is 8.69. The van der Waals surface area contributed by atoms with E-state index in [1.54, 1.807) is 6.92 Å². The second-order valence-corrected chi connectivity index (χ2v) is 2.18. The Kier molecular flexibility index (Phi) is 4.83. The van der Waals surface area contributed by atoms with Crippen LogP contribution in [0.2, 0.25) is 0 Å². The van der Waals surface area contributed by atoms with Crippen molar-refractivity contribution in [2.75, 3.05) is 6.61 Å². The molecule has 0 spiro atoms. The van der Waals surface area contributed by atoms with Gasteiger partial charge in [0, 0.05) is 6.42 Å². The Labute approximate surface area is 66.3 Å². The van der Waals surface area contributed by atoms with Crippen molar-refractivity contribution in [2.45, 2.75) is 13.3 Å². The summed E-state index contributed by atoms with van der Waals surface area (Å²) < 4.78 is 4.70. The molecule has 3 nitrogen and oxygen atoms in total. The molecule has 60 valence electrons. The lowest BCUT2D eigenvalue weighted by molar-refractivity contribution is -0.146. The van der Waals surface area contributed by atoms with Gasteiger partial charge in [-0.25, -0.2) is 0 Å². The molecule has 0 aromatic carbocycles. The van der Waals surface area contributed by atoms with E-state index in [9.17, 15) is 4.79 Å². The zero-order valence-corrected chi connectivity index (χ0v) is 6.54. The Morgan fingerprint density at radius 3 is 3.00 bits per heavy atom. The Balaban J connectivity index is 3.65. The average molecular weight is 153 g/mol. The fourth-order valence-electron chi connectivity index (χ4n) is 0.504. The smallest absolute Gasteiger partial charge is 0.310 e. The summed E-state index contributed by atoms with van der Waals surface area (Å²) in [5, 5.41) is 8.23. The number of ether oxygens (including phenoxy) is 1. The molecule has 0 N–H and O–H groups in total. The zero-order valence-electron chi connectivity index (χ0n) is 6.54. The van der Waals surface area contributed by atoms with Crippen LogP contribution in [-0.4, -0.2) is 12.6 Å². The maximum Gasteiger partial charge on any atom is 0.310 e. The molecule has 0 saturated heterocycles. The standard InChI is InChI=1S/C8H11NO2/c1-3-6-11-8(10)7(2)4-5-9/h3,7H,1,4,6H2,2H3. The first kappa shape index (κ1) is 9.70. The summed E-state index contributed by atoms with van der Waals surface area (Å²) in [7, 11) is 0. The molecule has 3 heteroatoms. The molecule has 1 atom stereocenters. The largest absolute Gasteiger partial charge is 0.461 e. The quantitative estimate of drug-likeness (QED) is 0.451. The van der Waals surface area contributed by atoms with Crippen LogP contribution in [0.15, 0.2) is 12.7 Å². The molecule has 0 aliphatic heterocycles. The minimum absolute atomic E-state index is 0.204. The number of hydrogen-bond donors (Lipinski definition) is 0. The van der Waals surface area contributed by atoms with E-state index in [2.05, 4.69) is 6.58 Å². The summed E-state index contributed by atoms with van der Waals surface area (Å²) in [4.78, 5) is 10.9. The van der Waals surface area contributed by atoms with Gasteiger partial charge in [0.1, 0.15) is 6.61 Å². The Morgan fingerprint density at radius 2 is 2.55 bits per heavy atom. The van der Waals surface area contributed by atoms with Crippen LogP contribution in [0.25, 0.3) is 0 Å². The van der Waals surface area contributed by atoms with Gasteiger partial charge in [0.25, 0.3) is 0 Å². The molecule has 0 fully saturated rings. The highest BCUT2D eigenvalue weighted by Gasteiger charge is 2.12. The molecule has 0 aromatic heterocycles. The SMILES string of the molecule is C=CCOC(=O)C(C)CC#N. The molecule has 0 aliphatic rings. The lowest BCUT2D eigenvalue weighted by Gasteiger charge is -2.04. The number of carbonyl (C=O) groups excluding carboxylic acids is 1. The minimum Gasteiger partial charge on any atom is -0.461 e. The summed E-state index contributed by atoms with van der Waals surface area (Å²) in [5.74, 6) is -0.675. The van der Waals surface area contributed by atoms with Gasteiger partial charge in [-0.15, -0.1) is 0 Å². The van der Waals surface area contributed by atoms with Crippen molar-refractivity contribution in [1.29, 1.82) is 5.26 Å². The van der Waals surface area contributed by atoms with E-state index < -0.39 is 0 Å². The van der Waals surface area contributed by atoms with E-state index in [4.69, 9.17) is 10.00 Å². The fraction of sp³-hybridized carbons (Fsp3) is 0.500. The van der Waals surface area contributed by atoms with Gasteiger partial charge in [-0.1, -0.05) is 19.6 Å². The predicted molar refractivity (Wildman–Crippen MR) is 40.6 cm³/mol. The van der Waals surface area contributed by atoms with Crippen molar-refractivity contribution in [3.63, 3.8) is 0 Å². The van der Waals surface area contributed by atoms with Crippen LogP contribution >= 0.6 is 0 Å². The lowest BCUT2D eigenvalue weighted by Crippen LogP contribution is -2.14. The molecule has 0 bridgehead atoms. The van der Waals surface area contributed by atoms with E-state index in [0.29, 0.717) is 0 Å². The van der Waals surface area contributed by atoms with Gasteiger partial charge in [0.15, 0.2) is 0 Å². The monoisotopic (exact) mass is 153 g/mol. The first-order valence-corrected chi connectivity index (χ1v) is 3.36. The third kappa shape index (κ3) is 4.15. The van der Waals surface area contributed by atoms with Gasteiger partial charge in [-0.2, -0.15) is 5.26 Å². The summed E-state index contributed by atoms with van der Waals surface area (Å²) in [5.41, 5.74) is 0. The Morgan fingerprint density at radius 1 is 1.91 bits per heavy atom. The van der Waals surface area contributed by atoms with Crippen LogP contribution in [-0.2, 0) is 9.53 Å². The highest BCUT2D eigenvalue weighted by atomic mass is 16.5. The number of hydrogen-bond acceptors (Lipinski definition) is 3. The van der Waals surface area contributed by atoms with Gasteiger partial charge in [-0.05, 0) is 0 Å². The maximum absolute atomic E-state index is 10.9. The Bertz CT molecular complexity index is 181. The molecule has 0 saturated carbocycles. The van der Waals surface area contributed by atoms with E-state index in [0.717, 1.165) is 0 Å². The average Bonchev–Trinajstić information content (AvgIpc) is 2.00. The second-order valence-electron chi connectivity index (χ2n) is 2.18. The lowest BCUT2D eigenvalue weighted by atomic mass is 10.1. The first-order chi connectivity index (χ1) is 5.22. The van der Waals surface area contributed by atoms with Gasteiger partial charge in [-0.3, -0.25) is 4.79 Å². The van der Waals surface area contributed by atoms with Crippen molar-refractivity contribution in [3.8, 4) is 6.07 Å². The van der Waals surface area contributed by atoms with E-state index in [1.165, 1.54) is 6.08 Å². The number of nitrogens with zero attached hydrogens (tertiary/aromatic N) is 1. The summed E-state index contributed by atoms with van der Waals surface area (Å²) in [6.45, 7) is 5.27. The van der Waals surface area contributed by atoms with Gasteiger partial charge < -0.3 is 4.74 Å². The van der Waals surface area contributed by atoms with Crippen molar-refractivity contribution in [1.82, 2.24) is 0 Å². The van der Waals surface area contributed by atoms with Crippen LogP contribution in [0.4, 0.5) is 0 Å². The number of rotatable bonds is 4. The second kappa shape index (κ2) is 5.48. The fourth-order valence-corrected chi connectivity index (χ4v) is 0.504. The number of esters is 1. The minimum atomic E-state index is -0.341. The van der Waals surface area contributed by atoms with E-state index in [-0.39, 0.29) is 24.9 Å². The van der Waals surface area contributed by atoms with Crippen LogP contribution in [0.1, 0.15) is 13.3 Å². The molecule has 0 heterocycles. The molecule has 0 rings (SSSR count). The van der Waals surface area contributed by atoms with Crippen LogP contribution in [0.3, 0.4) is 0 Å². The molecule has 11 heavy (non-hydrogen) atoms. The normalized spacial score (nSPS) is 11.3. The third-order valence-electron chi connectivity index (χ3n) is 1.14. The van der Waals surface area contributed by atoms with Crippen molar-refractivity contribution >= 4 is 5.97 Å². The third-order valence-corrected chi connectivity index (χ3v) is 1.14. The van der Waals surface area contributed by atoms with Crippen molar-refractivity contribution in [3.05, 3.63) is 12.7 Å². The molecular weight excluding hydrogens is 142 g/mol. The van der Waals surface area contributed by atoms with Gasteiger partial charge in [0.2, 0.25) is 0 Å². The molecule has 0 aromatic rings. The first-order valence-electron chi connectivity index (χ1n) is 3.36. The number of nitriles is 1. The van der Waals surface area contributed by atoms with Crippen molar-refractivity contribution in [2.24, 2.45) is 5.92 Å².